The molecule has 1 aliphatic heterocycles. The van der Waals surface area contributed by atoms with E-state index in [-0.39, 0.29) is 5.82 Å². The number of aryl methyl sites for hydroxylation is 1. The molecule has 6 heteroatoms. The molecule has 1 fully saturated rings. The van der Waals surface area contributed by atoms with Crippen LogP contribution in [0.15, 0.2) is 27.7 Å². The molecule has 0 aromatic heterocycles. The first kappa shape index (κ1) is 21.2. The second-order valence-electron chi connectivity index (χ2n) is 6.90. The van der Waals surface area contributed by atoms with E-state index >= 15 is 0 Å². The molecule has 1 N–H and O–H groups in total. The number of hydrogen-bond acceptors (Lipinski definition) is 2. The molecule has 4 nitrogen and oxygen atoms in total. The van der Waals surface area contributed by atoms with Gasteiger partial charge in [0.05, 0.1) is 0 Å². The minimum absolute atomic E-state index is 0.137. The number of halogens is 2. The Morgan fingerprint density at radius 2 is 2.15 bits per heavy atom. The highest BCUT2D eigenvalue weighted by Gasteiger charge is 2.25. The van der Waals surface area contributed by atoms with Gasteiger partial charge in [-0.05, 0) is 56.0 Å². The smallest absolute Gasteiger partial charge is 0.193 e. The standard InChI is InChI=1S/C20H32BrFN4/c1-4-25(5-2)14-16-10-12-26(15-16)20(23-3)24-11-6-7-17-8-9-18(21)13-19(17)22/h8-9,13,16H,4-7,10-12,14-15H2,1-3H3,(H,23,24). The van der Waals surface area contributed by atoms with Gasteiger partial charge in [0, 0.05) is 37.7 Å². The van der Waals surface area contributed by atoms with Crippen molar-refractivity contribution in [2.45, 2.75) is 33.1 Å². The van der Waals surface area contributed by atoms with Crippen LogP contribution in [0.4, 0.5) is 4.39 Å². The predicted molar refractivity (Wildman–Crippen MR) is 111 cm³/mol. The molecule has 2 rings (SSSR count). The highest BCUT2D eigenvalue weighted by Crippen LogP contribution is 2.18. The van der Waals surface area contributed by atoms with Gasteiger partial charge < -0.3 is 15.1 Å². The fourth-order valence-corrected chi connectivity index (χ4v) is 3.89. The van der Waals surface area contributed by atoms with E-state index in [0.29, 0.717) is 5.92 Å². The summed E-state index contributed by atoms with van der Waals surface area (Å²) in [6.07, 6.45) is 2.84. The van der Waals surface area contributed by atoms with Gasteiger partial charge in [-0.1, -0.05) is 35.8 Å². The molecular formula is C20H32BrFN4. The van der Waals surface area contributed by atoms with Crippen molar-refractivity contribution in [2.75, 3.05) is 46.3 Å². The third-order valence-electron chi connectivity index (χ3n) is 5.13. The fourth-order valence-electron chi connectivity index (χ4n) is 3.56. The van der Waals surface area contributed by atoms with E-state index in [9.17, 15) is 4.39 Å². The second-order valence-corrected chi connectivity index (χ2v) is 7.82. The number of nitrogens with zero attached hydrogens (tertiary/aromatic N) is 3. The van der Waals surface area contributed by atoms with Gasteiger partial charge in [0.2, 0.25) is 0 Å². The molecule has 1 heterocycles. The largest absolute Gasteiger partial charge is 0.356 e. The Balaban J connectivity index is 1.74. The maximum Gasteiger partial charge on any atom is 0.193 e. The lowest BCUT2D eigenvalue weighted by Gasteiger charge is -2.24. The molecule has 0 radical (unpaired) electrons. The summed E-state index contributed by atoms with van der Waals surface area (Å²) in [6, 6.07) is 5.28. The van der Waals surface area contributed by atoms with E-state index in [1.165, 1.54) is 19.0 Å². The van der Waals surface area contributed by atoms with Crippen molar-refractivity contribution in [3.63, 3.8) is 0 Å². The van der Waals surface area contributed by atoms with Crippen LogP contribution in [0.1, 0.15) is 32.3 Å². The number of aliphatic imine (C=N–C) groups is 1. The number of nitrogens with one attached hydrogen (secondary N) is 1. The molecule has 1 saturated heterocycles. The van der Waals surface area contributed by atoms with Crippen LogP contribution in [0.2, 0.25) is 0 Å². The van der Waals surface area contributed by atoms with Gasteiger partial charge in [-0.15, -0.1) is 0 Å². The Kier molecular flexibility index (Phi) is 8.85. The van der Waals surface area contributed by atoms with Crippen molar-refractivity contribution in [3.05, 3.63) is 34.1 Å². The van der Waals surface area contributed by atoms with Gasteiger partial charge >= 0.3 is 0 Å². The van der Waals surface area contributed by atoms with Crippen LogP contribution in [0.25, 0.3) is 0 Å². The summed E-state index contributed by atoms with van der Waals surface area (Å²) in [4.78, 5) is 9.29. The monoisotopic (exact) mass is 426 g/mol. The molecule has 0 amide bonds. The molecule has 1 atom stereocenters. The van der Waals surface area contributed by atoms with Crippen molar-refractivity contribution in [1.82, 2.24) is 15.1 Å². The Bertz CT molecular complexity index is 589. The van der Waals surface area contributed by atoms with Crippen molar-refractivity contribution in [1.29, 1.82) is 0 Å². The molecule has 26 heavy (non-hydrogen) atoms. The SMILES string of the molecule is CCN(CC)CC1CCN(C(=NC)NCCCc2ccc(Br)cc2F)C1. The third kappa shape index (κ3) is 6.23. The molecule has 0 saturated carbocycles. The van der Waals surface area contributed by atoms with E-state index in [4.69, 9.17) is 0 Å². The summed E-state index contributed by atoms with van der Waals surface area (Å²) in [5.74, 6) is 1.55. The molecule has 146 valence electrons. The predicted octanol–water partition coefficient (Wildman–Crippen LogP) is 3.76. The van der Waals surface area contributed by atoms with Crippen LogP contribution in [-0.4, -0.2) is 62.1 Å². The van der Waals surface area contributed by atoms with Gasteiger partial charge in [-0.2, -0.15) is 0 Å². The van der Waals surface area contributed by atoms with Crippen LogP contribution < -0.4 is 5.32 Å². The van der Waals surface area contributed by atoms with E-state index in [1.54, 1.807) is 0 Å². The van der Waals surface area contributed by atoms with Gasteiger partial charge in [0.1, 0.15) is 5.82 Å². The van der Waals surface area contributed by atoms with Crippen LogP contribution in [-0.2, 0) is 6.42 Å². The summed E-state index contributed by atoms with van der Waals surface area (Å²) in [5, 5.41) is 3.44. The zero-order chi connectivity index (χ0) is 18.9. The quantitative estimate of drug-likeness (QED) is 0.390. The lowest BCUT2D eigenvalue weighted by Crippen LogP contribution is -2.41. The topological polar surface area (TPSA) is 30.9 Å². The summed E-state index contributed by atoms with van der Waals surface area (Å²) in [7, 11) is 1.84. The fraction of sp³-hybridized carbons (Fsp3) is 0.650. The van der Waals surface area contributed by atoms with Gasteiger partial charge in [-0.25, -0.2) is 4.39 Å². The number of rotatable bonds is 8. The molecule has 0 spiro atoms. The van der Waals surface area contributed by atoms with Gasteiger partial charge in [0.15, 0.2) is 5.96 Å². The van der Waals surface area contributed by atoms with Gasteiger partial charge in [-0.3, -0.25) is 4.99 Å². The lowest BCUT2D eigenvalue weighted by molar-refractivity contribution is 0.255. The zero-order valence-electron chi connectivity index (χ0n) is 16.3. The number of benzene rings is 1. The number of guanidine groups is 1. The second kappa shape index (κ2) is 10.9. The Morgan fingerprint density at radius 3 is 2.81 bits per heavy atom. The Morgan fingerprint density at radius 1 is 1.38 bits per heavy atom. The van der Waals surface area contributed by atoms with E-state index < -0.39 is 0 Å². The van der Waals surface area contributed by atoms with E-state index in [0.717, 1.165) is 61.6 Å². The van der Waals surface area contributed by atoms with E-state index in [1.807, 2.05) is 19.2 Å². The Labute approximate surface area is 166 Å². The molecule has 1 aliphatic rings. The third-order valence-corrected chi connectivity index (χ3v) is 5.62. The highest BCUT2D eigenvalue weighted by atomic mass is 79.9. The first-order valence-corrected chi connectivity index (χ1v) is 10.5. The van der Waals surface area contributed by atoms with Crippen LogP contribution >= 0.6 is 15.9 Å². The zero-order valence-corrected chi connectivity index (χ0v) is 17.9. The van der Waals surface area contributed by atoms with Gasteiger partial charge in [0.25, 0.3) is 0 Å². The van der Waals surface area contributed by atoms with Crippen molar-refractivity contribution < 1.29 is 4.39 Å². The minimum Gasteiger partial charge on any atom is -0.356 e. The van der Waals surface area contributed by atoms with Crippen molar-refractivity contribution >= 4 is 21.9 Å². The molecular weight excluding hydrogens is 395 g/mol. The van der Waals surface area contributed by atoms with Crippen LogP contribution in [0, 0.1) is 11.7 Å². The summed E-state index contributed by atoms with van der Waals surface area (Å²) in [6.45, 7) is 10.8. The van der Waals surface area contributed by atoms with Crippen molar-refractivity contribution in [2.24, 2.45) is 10.9 Å². The maximum atomic E-state index is 13.9. The maximum absolute atomic E-state index is 13.9. The molecule has 0 aliphatic carbocycles. The average Bonchev–Trinajstić information content (AvgIpc) is 3.09. The van der Waals surface area contributed by atoms with Crippen molar-refractivity contribution in [3.8, 4) is 0 Å². The van der Waals surface area contributed by atoms with Crippen LogP contribution in [0.5, 0.6) is 0 Å². The van der Waals surface area contributed by atoms with E-state index in [2.05, 4.69) is 49.9 Å². The first-order valence-electron chi connectivity index (χ1n) is 9.69. The molecule has 1 aromatic carbocycles. The minimum atomic E-state index is -0.137. The number of hydrogen-bond donors (Lipinski definition) is 1. The summed E-state index contributed by atoms with van der Waals surface area (Å²) < 4.78 is 14.7. The molecule has 0 bridgehead atoms. The van der Waals surface area contributed by atoms with Crippen LogP contribution in [0.3, 0.4) is 0 Å². The number of likely N-dealkylation sites (tertiary alicyclic amines) is 1. The average molecular weight is 427 g/mol. The summed E-state index contributed by atoms with van der Waals surface area (Å²) in [5.41, 5.74) is 0.769. The highest BCUT2D eigenvalue weighted by molar-refractivity contribution is 9.10. The Hall–Kier alpha value is -1.14. The summed E-state index contributed by atoms with van der Waals surface area (Å²) >= 11 is 3.30. The lowest BCUT2D eigenvalue weighted by atomic mass is 10.1. The first-order chi connectivity index (χ1) is 12.6. The molecule has 1 unspecified atom stereocenters. The normalized spacial score (nSPS) is 18.0. The molecule has 1 aromatic rings.